The normalized spacial score (nSPS) is 16.0. The minimum atomic E-state index is -0.467. The zero-order chi connectivity index (χ0) is 28.1. The second-order valence-electron chi connectivity index (χ2n) is 11.2. The molecule has 2 N–H and O–H groups in total. The SMILES string of the molecule is Cc1cc(-c2ccc3c(c2)NC(=O)C3(C)C)nc(C)n1.Cc1cnc(-c2ccc3c(c2)NC(=O)C3(C)C)cn1. The Morgan fingerprint density at radius 2 is 1.15 bits per heavy atom. The maximum Gasteiger partial charge on any atom is 0.234 e. The van der Waals surface area contributed by atoms with Crippen LogP contribution in [0.15, 0.2) is 54.9 Å². The van der Waals surface area contributed by atoms with Crippen LogP contribution in [0.1, 0.15) is 56.0 Å². The molecule has 2 amide bonds. The van der Waals surface area contributed by atoms with Crippen LogP contribution >= 0.6 is 0 Å². The highest BCUT2D eigenvalue weighted by molar-refractivity contribution is 6.07. The number of carbonyl (C=O) groups excluding carboxylic acids is 2. The highest BCUT2D eigenvalue weighted by Gasteiger charge is 2.39. The van der Waals surface area contributed by atoms with Crippen molar-refractivity contribution in [2.24, 2.45) is 0 Å². The summed E-state index contributed by atoms with van der Waals surface area (Å²) in [6.07, 6.45) is 3.49. The van der Waals surface area contributed by atoms with Gasteiger partial charge in [0, 0.05) is 34.4 Å². The van der Waals surface area contributed by atoms with E-state index in [1.54, 1.807) is 12.4 Å². The maximum absolute atomic E-state index is 12.0. The summed E-state index contributed by atoms with van der Waals surface area (Å²) in [5.74, 6) is 0.833. The number of aryl methyl sites for hydroxylation is 3. The van der Waals surface area contributed by atoms with Gasteiger partial charge in [0.2, 0.25) is 11.8 Å². The fourth-order valence-corrected chi connectivity index (χ4v) is 4.91. The molecule has 0 unspecified atom stereocenters. The molecule has 0 atom stereocenters. The summed E-state index contributed by atoms with van der Waals surface area (Å²) in [7, 11) is 0. The van der Waals surface area contributed by atoms with E-state index in [0.717, 1.165) is 62.2 Å². The van der Waals surface area contributed by atoms with Crippen molar-refractivity contribution in [1.29, 1.82) is 0 Å². The van der Waals surface area contributed by atoms with E-state index >= 15 is 0 Å². The minimum Gasteiger partial charge on any atom is -0.325 e. The smallest absolute Gasteiger partial charge is 0.234 e. The van der Waals surface area contributed by atoms with E-state index in [-0.39, 0.29) is 11.8 Å². The standard InChI is InChI=1S/C16H17N3O.C15H15N3O/c1-9-7-13(18-10(2)17-9)11-5-6-12-14(8-11)19-15(20)16(12,3)4;1-9-7-17-13(8-16-9)10-4-5-11-12(6-10)18-14(19)15(11,2)3/h5-8H,1-4H3,(H,19,20);4-8H,1-3H3,(H,18,19). The van der Waals surface area contributed by atoms with E-state index in [4.69, 9.17) is 0 Å². The molecule has 198 valence electrons. The lowest BCUT2D eigenvalue weighted by Crippen LogP contribution is -2.26. The molecule has 0 saturated carbocycles. The Balaban J connectivity index is 0.000000158. The van der Waals surface area contributed by atoms with Crippen molar-refractivity contribution < 1.29 is 9.59 Å². The molecule has 0 fully saturated rings. The summed E-state index contributed by atoms with van der Waals surface area (Å²) in [6, 6.07) is 13.9. The largest absolute Gasteiger partial charge is 0.325 e. The lowest BCUT2D eigenvalue weighted by molar-refractivity contribution is -0.120. The van der Waals surface area contributed by atoms with E-state index in [2.05, 4.69) is 30.6 Å². The first kappa shape index (κ1) is 26.2. The van der Waals surface area contributed by atoms with Gasteiger partial charge in [0.25, 0.3) is 0 Å². The predicted octanol–water partition coefficient (Wildman–Crippen LogP) is 5.67. The van der Waals surface area contributed by atoms with Crippen LogP contribution in [0, 0.1) is 20.8 Å². The third-order valence-electron chi connectivity index (χ3n) is 7.36. The summed E-state index contributed by atoms with van der Waals surface area (Å²) < 4.78 is 0. The highest BCUT2D eigenvalue weighted by atomic mass is 16.2. The van der Waals surface area contributed by atoms with Gasteiger partial charge in [-0.05, 0) is 77.8 Å². The summed E-state index contributed by atoms with van der Waals surface area (Å²) in [6.45, 7) is 13.5. The third-order valence-corrected chi connectivity index (χ3v) is 7.36. The number of hydrogen-bond donors (Lipinski definition) is 2. The number of hydrogen-bond acceptors (Lipinski definition) is 6. The number of nitrogens with zero attached hydrogens (tertiary/aromatic N) is 4. The molecule has 8 nitrogen and oxygen atoms in total. The zero-order valence-electron chi connectivity index (χ0n) is 23.3. The van der Waals surface area contributed by atoms with E-state index in [0.29, 0.717) is 0 Å². The van der Waals surface area contributed by atoms with Gasteiger partial charge >= 0.3 is 0 Å². The second kappa shape index (κ2) is 9.38. The van der Waals surface area contributed by atoms with E-state index in [9.17, 15) is 9.59 Å². The Morgan fingerprint density at radius 1 is 0.615 bits per heavy atom. The summed E-state index contributed by atoms with van der Waals surface area (Å²) in [4.78, 5) is 41.2. The van der Waals surface area contributed by atoms with Crippen molar-refractivity contribution >= 4 is 23.2 Å². The molecular formula is C31H32N6O2. The van der Waals surface area contributed by atoms with Crippen molar-refractivity contribution in [3.63, 3.8) is 0 Å². The fourth-order valence-electron chi connectivity index (χ4n) is 4.91. The van der Waals surface area contributed by atoms with Crippen molar-refractivity contribution in [1.82, 2.24) is 19.9 Å². The van der Waals surface area contributed by atoms with Crippen molar-refractivity contribution in [3.05, 3.63) is 83.2 Å². The van der Waals surface area contributed by atoms with Crippen LogP contribution in [0.5, 0.6) is 0 Å². The van der Waals surface area contributed by atoms with Gasteiger partial charge in [0.15, 0.2) is 0 Å². The zero-order valence-corrected chi connectivity index (χ0v) is 23.3. The molecule has 4 aromatic rings. The van der Waals surface area contributed by atoms with Crippen LogP contribution in [-0.2, 0) is 20.4 Å². The number of fused-ring (bicyclic) bond motifs is 2. The van der Waals surface area contributed by atoms with Crippen LogP contribution in [0.3, 0.4) is 0 Å². The number of carbonyl (C=O) groups is 2. The minimum absolute atomic E-state index is 0.0367. The van der Waals surface area contributed by atoms with Crippen LogP contribution in [0.4, 0.5) is 11.4 Å². The van der Waals surface area contributed by atoms with Crippen LogP contribution in [-0.4, -0.2) is 31.8 Å². The van der Waals surface area contributed by atoms with Crippen LogP contribution in [0.25, 0.3) is 22.5 Å². The number of aromatic nitrogens is 4. The van der Waals surface area contributed by atoms with Crippen molar-refractivity contribution in [2.75, 3.05) is 10.6 Å². The molecule has 0 radical (unpaired) electrons. The van der Waals surface area contributed by atoms with Crippen molar-refractivity contribution in [3.8, 4) is 22.5 Å². The lowest BCUT2D eigenvalue weighted by atomic mass is 9.85. The molecule has 6 rings (SSSR count). The monoisotopic (exact) mass is 520 g/mol. The highest BCUT2D eigenvalue weighted by Crippen LogP contribution is 2.40. The van der Waals surface area contributed by atoms with Gasteiger partial charge in [-0.3, -0.25) is 19.6 Å². The molecule has 0 spiro atoms. The Hall–Kier alpha value is -4.46. The molecule has 4 heterocycles. The molecule has 8 heteroatoms. The summed E-state index contributed by atoms with van der Waals surface area (Å²) in [5.41, 5.74) is 8.37. The van der Waals surface area contributed by atoms with Crippen molar-refractivity contribution in [2.45, 2.75) is 59.3 Å². The molecule has 2 aromatic heterocycles. The first-order valence-electron chi connectivity index (χ1n) is 12.9. The maximum atomic E-state index is 12.0. The topological polar surface area (TPSA) is 110 Å². The number of benzene rings is 2. The lowest BCUT2D eigenvalue weighted by Gasteiger charge is -2.15. The molecule has 2 aliphatic heterocycles. The summed E-state index contributed by atoms with van der Waals surface area (Å²) in [5, 5.41) is 5.87. The quantitative estimate of drug-likeness (QED) is 0.352. The first-order chi connectivity index (χ1) is 18.4. The van der Waals surface area contributed by atoms with Gasteiger partial charge in [0.05, 0.1) is 34.1 Å². The van der Waals surface area contributed by atoms with E-state index < -0.39 is 10.8 Å². The Morgan fingerprint density at radius 3 is 1.64 bits per heavy atom. The van der Waals surface area contributed by atoms with Gasteiger partial charge < -0.3 is 10.6 Å². The number of anilines is 2. The first-order valence-corrected chi connectivity index (χ1v) is 12.9. The predicted molar refractivity (Wildman–Crippen MR) is 152 cm³/mol. The number of amides is 2. The molecule has 2 aliphatic rings. The Labute approximate surface area is 228 Å². The fraction of sp³-hybridized carbons (Fsp3) is 0.290. The van der Waals surface area contributed by atoms with E-state index in [1.165, 1.54) is 0 Å². The van der Waals surface area contributed by atoms with E-state index in [1.807, 2.05) is 90.9 Å². The molecule has 0 bridgehead atoms. The van der Waals surface area contributed by atoms with Gasteiger partial charge in [-0.25, -0.2) is 9.97 Å². The van der Waals surface area contributed by atoms with Gasteiger partial charge in [-0.15, -0.1) is 0 Å². The molecular weight excluding hydrogens is 488 g/mol. The molecule has 2 aromatic carbocycles. The third kappa shape index (κ3) is 4.78. The van der Waals surface area contributed by atoms with Gasteiger partial charge in [-0.1, -0.05) is 24.3 Å². The second-order valence-corrected chi connectivity index (χ2v) is 11.2. The Kier molecular flexibility index (Phi) is 6.29. The van der Waals surface area contributed by atoms with Crippen LogP contribution < -0.4 is 10.6 Å². The number of rotatable bonds is 2. The average molecular weight is 521 g/mol. The van der Waals surface area contributed by atoms with Gasteiger partial charge in [0.1, 0.15) is 5.82 Å². The molecule has 0 aliphatic carbocycles. The average Bonchev–Trinajstić information content (AvgIpc) is 3.25. The molecule has 0 saturated heterocycles. The summed E-state index contributed by atoms with van der Waals surface area (Å²) >= 11 is 0. The van der Waals surface area contributed by atoms with Crippen LogP contribution in [0.2, 0.25) is 0 Å². The van der Waals surface area contributed by atoms with Gasteiger partial charge in [-0.2, -0.15) is 0 Å². The Bertz CT molecular complexity index is 1600. The number of nitrogens with one attached hydrogen (secondary N) is 2. The molecule has 39 heavy (non-hydrogen) atoms.